The molecule has 1 aliphatic heterocycles. The Morgan fingerprint density at radius 1 is 1.44 bits per heavy atom. The topological polar surface area (TPSA) is 50.5 Å². The molecule has 0 saturated carbocycles. The van der Waals surface area contributed by atoms with Gasteiger partial charge in [0.2, 0.25) is 0 Å². The van der Waals surface area contributed by atoms with Crippen LogP contribution in [0.1, 0.15) is 19.8 Å². The second-order valence-electron chi connectivity index (χ2n) is 4.03. The minimum atomic E-state index is -0.268. The normalized spacial score (nSPS) is 16.9. The van der Waals surface area contributed by atoms with Gasteiger partial charge in [-0.2, -0.15) is 4.98 Å². The van der Waals surface area contributed by atoms with E-state index in [0.29, 0.717) is 5.82 Å². The molecule has 1 aliphatic rings. The van der Waals surface area contributed by atoms with Crippen molar-refractivity contribution in [3.05, 3.63) is 22.7 Å². The van der Waals surface area contributed by atoms with Crippen LogP contribution in [0.15, 0.2) is 22.1 Å². The highest BCUT2D eigenvalue weighted by Crippen LogP contribution is 2.11. The van der Waals surface area contributed by atoms with Crippen LogP contribution >= 0.6 is 0 Å². The van der Waals surface area contributed by atoms with Crippen molar-refractivity contribution in [2.75, 3.05) is 13.1 Å². The molecule has 0 N–H and O–H groups in total. The maximum Gasteiger partial charge on any atom is 0.349 e. The summed E-state index contributed by atoms with van der Waals surface area (Å²) in [5, 5.41) is 0. The summed E-state index contributed by atoms with van der Waals surface area (Å²) < 4.78 is 1.43. The van der Waals surface area contributed by atoms with Gasteiger partial charge in [0, 0.05) is 26.3 Å². The molecule has 5 heteroatoms. The third-order valence-electron chi connectivity index (χ3n) is 2.80. The number of likely N-dealkylation sites (tertiary alicyclic amines) is 1. The van der Waals surface area contributed by atoms with Crippen LogP contribution in [0.2, 0.25) is 0 Å². The Bertz CT molecular complexity index is 457. The van der Waals surface area contributed by atoms with E-state index in [2.05, 4.69) is 14.9 Å². The van der Waals surface area contributed by atoms with Crippen molar-refractivity contribution in [2.45, 2.75) is 19.8 Å². The molecule has 1 fully saturated rings. The average Bonchev–Trinajstić information content (AvgIpc) is 2.77. The van der Waals surface area contributed by atoms with Gasteiger partial charge >= 0.3 is 5.69 Å². The van der Waals surface area contributed by atoms with E-state index < -0.39 is 0 Å². The van der Waals surface area contributed by atoms with Crippen molar-refractivity contribution >= 4 is 11.7 Å². The average molecular weight is 220 g/mol. The fraction of sp³-hybridized carbons (Fsp3) is 0.545. The fourth-order valence-corrected chi connectivity index (χ4v) is 1.80. The summed E-state index contributed by atoms with van der Waals surface area (Å²) in [6, 6.07) is 1.75. The number of aliphatic imine (C=N–C) groups is 1. The molecule has 16 heavy (non-hydrogen) atoms. The Morgan fingerprint density at radius 2 is 2.12 bits per heavy atom. The van der Waals surface area contributed by atoms with E-state index in [-0.39, 0.29) is 5.69 Å². The smallest absolute Gasteiger partial charge is 0.349 e. The highest BCUT2D eigenvalue weighted by atomic mass is 16.1. The first-order valence-electron chi connectivity index (χ1n) is 5.51. The molecular weight excluding hydrogens is 204 g/mol. The first-order chi connectivity index (χ1) is 7.66. The molecule has 0 atom stereocenters. The molecule has 1 aromatic rings. The minimum Gasteiger partial charge on any atom is -0.360 e. The van der Waals surface area contributed by atoms with Crippen LogP contribution in [-0.4, -0.2) is 33.4 Å². The SMILES string of the molecule is CC(=Nc1ccn(C)c(=O)n1)N1CCCC1. The van der Waals surface area contributed by atoms with Gasteiger partial charge < -0.3 is 9.47 Å². The van der Waals surface area contributed by atoms with E-state index in [1.807, 2.05) is 6.92 Å². The third kappa shape index (κ3) is 2.29. The molecule has 0 aromatic carbocycles. The van der Waals surface area contributed by atoms with E-state index in [4.69, 9.17) is 0 Å². The van der Waals surface area contributed by atoms with Gasteiger partial charge in [0.1, 0.15) is 5.84 Å². The molecule has 1 saturated heterocycles. The highest BCUT2D eigenvalue weighted by Gasteiger charge is 2.12. The Hall–Kier alpha value is -1.65. The predicted octanol–water partition coefficient (Wildman–Crippen LogP) is 0.926. The van der Waals surface area contributed by atoms with Crippen LogP contribution in [0.5, 0.6) is 0 Å². The lowest BCUT2D eigenvalue weighted by Gasteiger charge is -2.15. The fourth-order valence-electron chi connectivity index (χ4n) is 1.80. The zero-order valence-corrected chi connectivity index (χ0v) is 9.68. The summed E-state index contributed by atoms with van der Waals surface area (Å²) in [6.45, 7) is 4.07. The van der Waals surface area contributed by atoms with Crippen LogP contribution in [0.4, 0.5) is 5.82 Å². The van der Waals surface area contributed by atoms with E-state index in [0.717, 1.165) is 18.9 Å². The van der Waals surface area contributed by atoms with Crippen molar-refractivity contribution in [1.82, 2.24) is 14.5 Å². The van der Waals surface area contributed by atoms with E-state index in [1.54, 1.807) is 19.3 Å². The summed E-state index contributed by atoms with van der Waals surface area (Å²) >= 11 is 0. The van der Waals surface area contributed by atoms with Crippen LogP contribution in [0, 0.1) is 0 Å². The van der Waals surface area contributed by atoms with Gasteiger partial charge in [-0.3, -0.25) is 0 Å². The van der Waals surface area contributed by atoms with Gasteiger partial charge in [0.25, 0.3) is 0 Å². The number of aryl methyl sites for hydroxylation is 1. The summed E-state index contributed by atoms with van der Waals surface area (Å²) in [7, 11) is 1.68. The Kier molecular flexibility index (Phi) is 3.03. The number of hydrogen-bond acceptors (Lipinski definition) is 3. The second-order valence-corrected chi connectivity index (χ2v) is 4.03. The van der Waals surface area contributed by atoms with Crippen LogP contribution in [0.3, 0.4) is 0 Å². The zero-order valence-electron chi connectivity index (χ0n) is 9.68. The second kappa shape index (κ2) is 4.47. The number of rotatable bonds is 1. The van der Waals surface area contributed by atoms with Crippen molar-refractivity contribution in [2.24, 2.45) is 12.0 Å². The Labute approximate surface area is 94.4 Å². The molecule has 0 unspecified atom stereocenters. The third-order valence-corrected chi connectivity index (χ3v) is 2.80. The maximum absolute atomic E-state index is 11.3. The lowest BCUT2D eigenvalue weighted by atomic mass is 10.4. The van der Waals surface area contributed by atoms with Crippen molar-refractivity contribution in [1.29, 1.82) is 0 Å². The highest BCUT2D eigenvalue weighted by molar-refractivity contribution is 5.82. The first kappa shape index (κ1) is 10.9. The van der Waals surface area contributed by atoms with Gasteiger partial charge in [-0.05, 0) is 25.8 Å². The van der Waals surface area contributed by atoms with Gasteiger partial charge in [-0.1, -0.05) is 0 Å². The molecule has 0 aliphatic carbocycles. The number of hydrogen-bond donors (Lipinski definition) is 0. The van der Waals surface area contributed by atoms with Crippen molar-refractivity contribution in [3.8, 4) is 0 Å². The summed E-state index contributed by atoms with van der Waals surface area (Å²) in [4.78, 5) is 21.8. The molecule has 86 valence electrons. The molecule has 0 spiro atoms. The Morgan fingerprint density at radius 3 is 2.75 bits per heavy atom. The largest absolute Gasteiger partial charge is 0.360 e. The van der Waals surface area contributed by atoms with Gasteiger partial charge in [0.15, 0.2) is 5.82 Å². The molecular formula is C11H16N4O. The molecule has 0 bridgehead atoms. The van der Waals surface area contributed by atoms with E-state index in [1.165, 1.54) is 17.4 Å². The molecule has 5 nitrogen and oxygen atoms in total. The maximum atomic E-state index is 11.3. The number of nitrogens with zero attached hydrogens (tertiary/aromatic N) is 4. The van der Waals surface area contributed by atoms with Crippen LogP contribution in [0.25, 0.3) is 0 Å². The molecule has 2 rings (SSSR count). The standard InChI is InChI=1S/C11H16N4O/c1-9(15-6-3-4-7-15)12-10-5-8-14(2)11(16)13-10/h5,8H,3-4,6-7H2,1-2H3. The zero-order chi connectivity index (χ0) is 11.5. The summed E-state index contributed by atoms with van der Waals surface area (Å²) in [5.41, 5.74) is -0.268. The number of amidine groups is 1. The number of aromatic nitrogens is 2. The van der Waals surface area contributed by atoms with E-state index >= 15 is 0 Å². The first-order valence-corrected chi connectivity index (χ1v) is 5.51. The quantitative estimate of drug-likeness (QED) is 0.522. The monoisotopic (exact) mass is 220 g/mol. The lowest BCUT2D eigenvalue weighted by Crippen LogP contribution is -2.25. The van der Waals surface area contributed by atoms with Crippen LogP contribution < -0.4 is 5.69 Å². The van der Waals surface area contributed by atoms with Gasteiger partial charge in [-0.15, -0.1) is 0 Å². The summed E-state index contributed by atoms with van der Waals surface area (Å²) in [5.74, 6) is 1.44. The Balaban J connectivity index is 2.21. The van der Waals surface area contributed by atoms with E-state index in [9.17, 15) is 4.79 Å². The van der Waals surface area contributed by atoms with Crippen LogP contribution in [-0.2, 0) is 7.05 Å². The molecule has 1 aromatic heterocycles. The van der Waals surface area contributed by atoms with Gasteiger partial charge in [0.05, 0.1) is 0 Å². The van der Waals surface area contributed by atoms with Crippen molar-refractivity contribution in [3.63, 3.8) is 0 Å². The van der Waals surface area contributed by atoms with Crippen molar-refractivity contribution < 1.29 is 0 Å². The predicted molar refractivity (Wildman–Crippen MR) is 63.1 cm³/mol. The molecule has 0 amide bonds. The molecule has 0 radical (unpaired) electrons. The van der Waals surface area contributed by atoms with Gasteiger partial charge in [-0.25, -0.2) is 9.79 Å². The minimum absolute atomic E-state index is 0.268. The summed E-state index contributed by atoms with van der Waals surface area (Å²) in [6.07, 6.45) is 4.12. The lowest BCUT2D eigenvalue weighted by molar-refractivity contribution is 0.516. The molecule has 2 heterocycles.